The molecule has 144 valence electrons. The van der Waals surface area contributed by atoms with E-state index in [0.29, 0.717) is 28.7 Å². The van der Waals surface area contributed by atoms with Crippen molar-refractivity contribution in [2.45, 2.75) is 31.4 Å². The van der Waals surface area contributed by atoms with Crippen LogP contribution in [0.4, 0.5) is 5.69 Å². The van der Waals surface area contributed by atoms with Crippen LogP contribution in [0.15, 0.2) is 47.0 Å². The summed E-state index contributed by atoms with van der Waals surface area (Å²) in [6, 6.07) is 10.6. The molecule has 1 fully saturated rings. The maximum Gasteiger partial charge on any atom is 0.316 e. The second kappa shape index (κ2) is 7.53. The van der Waals surface area contributed by atoms with Crippen molar-refractivity contribution in [2.75, 3.05) is 0 Å². The lowest BCUT2D eigenvalue weighted by atomic mass is 10.0. The Bertz CT molecular complexity index is 1160. The summed E-state index contributed by atoms with van der Waals surface area (Å²) in [6.45, 7) is 0. The SMILES string of the molecule is O=C(NC1CCCC1O)c1[nH]c2ncc(N=S(=O)=O)cc2c1-c1ccccc1. The second-order valence-electron chi connectivity index (χ2n) is 6.72. The van der Waals surface area contributed by atoms with Crippen LogP contribution in [0.1, 0.15) is 29.8 Å². The van der Waals surface area contributed by atoms with Crippen molar-refractivity contribution in [2.24, 2.45) is 4.36 Å². The van der Waals surface area contributed by atoms with E-state index in [9.17, 15) is 18.3 Å². The Morgan fingerprint density at radius 1 is 1.25 bits per heavy atom. The molecule has 0 aliphatic heterocycles. The molecule has 8 nitrogen and oxygen atoms in total. The minimum Gasteiger partial charge on any atom is -0.391 e. The summed E-state index contributed by atoms with van der Waals surface area (Å²) in [5, 5.41) is 13.5. The highest BCUT2D eigenvalue weighted by Crippen LogP contribution is 2.34. The highest BCUT2D eigenvalue weighted by molar-refractivity contribution is 7.61. The van der Waals surface area contributed by atoms with Crippen LogP contribution in [0, 0.1) is 0 Å². The molecular formula is C19H18N4O4S. The van der Waals surface area contributed by atoms with E-state index in [2.05, 4.69) is 19.6 Å². The molecule has 28 heavy (non-hydrogen) atoms. The Balaban J connectivity index is 1.85. The number of nitrogens with zero attached hydrogens (tertiary/aromatic N) is 2. The Kier molecular flexibility index (Phi) is 4.93. The summed E-state index contributed by atoms with van der Waals surface area (Å²) >= 11 is 0. The number of carbonyl (C=O) groups is 1. The van der Waals surface area contributed by atoms with Crippen LogP contribution >= 0.6 is 0 Å². The summed E-state index contributed by atoms with van der Waals surface area (Å²) in [5.74, 6) is -0.339. The molecule has 0 saturated heterocycles. The van der Waals surface area contributed by atoms with Crippen molar-refractivity contribution in [3.05, 3.63) is 48.3 Å². The monoisotopic (exact) mass is 398 g/mol. The largest absolute Gasteiger partial charge is 0.391 e. The lowest BCUT2D eigenvalue weighted by molar-refractivity contribution is 0.0870. The van der Waals surface area contributed by atoms with E-state index in [1.165, 1.54) is 6.20 Å². The fraction of sp³-hybridized carbons (Fsp3) is 0.263. The third-order valence-corrected chi connectivity index (χ3v) is 5.26. The van der Waals surface area contributed by atoms with Gasteiger partial charge in [-0.2, -0.15) is 8.42 Å². The number of fused-ring (bicyclic) bond motifs is 1. The molecule has 2 unspecified atom stereocenters. The van der Waals surface area contributed by atoms with Gasteiger partial charge >= 0.3 is 10.5 Å². The van der Waals surface area contributed by atoms with Gasteiger partial charge in [-0.1, -0.05) is 30.3 Å². The predicted molar refractivity (Wildman–Crippen MR) is 104 cm³/mol. The molecule has 2 aromatic heterocycles. The van der Waals surface area contributed by atoms with Gasteiger partial charge < -0.3 is 15.4 Å². The van der Waals surface area contributed by atoms with Gasteiger partial charge in [0.05, 0.1) is 18.3 Å². The highest BCUT2D eigenvalue weighted by Gasteiger charge is 2.29. The highest BCUT2D eigenvalue weighted by atomic mass is 32.2. The molecule has 2 heterocycles. The number of H-pyrrole nitrogens is 1. The number of aromatic amines is 1. The van der Waals surface area contributed by atoms with Crippen molar-refractivity contribution in [1.29, 1.82) is 0 Å². The first kappa shape index (κ1) is 18.3. The van der Waals surface area contributed by atoms with E-state index in [0.717, 1.165) is 18.4 Å². The number of nitrogens with one attached hydrogen (secondary N) is 2. The lowest BCUT2D eigenvalue weighted by Gasteiger charge is -2.16. The zero-order valence-corrected chi connectivity index (χ0v) is 15.6. The van der Waals surface area contributed by atoms with Crippen LogP contribution in [0.2, 0.25) is 0 Å². The lowest BCUT2D eigenvalue weighted by Crippen LogP contribution is -2.40. The molecule has 4 rings (SSSR count). The Morgan fingerprint density at radius 2 is 2.04 bits per heavy atom. The van der Waals surface area contributed by atoms with E-state index < -0.39 is 16.6 Å². The van der Waals surface area contributed by atoms with Crippen LogP contribution in [0.3, 0.4) is 0 Å². The van der Waals surface area contributed by atoms with Crippen LogP contribution in [0.25, 0.3) is 22.2 Å². The van der Waals surface area contributed by atoms with Gasteiger partial charge in [0.1, 0.15) is 17.0 Å². The number of aliphatic hydroxyl groups is 1. The molecule has 3 N–H and O–H groups in total. The summed E-state index contributed by atoms with van der Waals surface area (Å²) < 4.78 is 25.3. The number of benzene rings is 1. The minimum absolute atomic E-state index is 0.176. The summed E-state index contributed by atoms with van der Waals surface area (Å²) in [7, 11) is -2.60. The standard InChI is InChI=1S/C19H18N4O4S/c24-15-8-4-7-14(15)21-19(25)17-16(11-5-2-1-3-6-11)13-9-12(23-28(26)27)10-20-18(13)22-17/h1-3,5-6,9-10,14-15,24H,4,7-8H2,(H,20,22)(H,21,25). The number of amides is 1. The molecule has 9 heteroatoms. The average molecular weight is 398 g/mol. The molecule has 1 aromatic carbocycles. The van der Waals surface area contributed by atoms with Crippen molar-refractivity contribution < 1.29 is 18.3 Å². The van der Waals surface area contributed by atoms with Gasteiger partial charge in [-0.15, -0.1) is 4.36 Å². The van der Waals surface area contributed by atoms with Gasteiger partial charge in [0.2, 0.25) is 0 Å². The molecule has 0 bridgehead atoms. The minimum atomic E-state index is -2.60. The van der Waals surface area contributed by atoms with E-state index >= 15 is 0 Å². The molecule has 3 aromatic rings. The number of carbonyl (C=O) groups excluding carboxylic acids is 1. The molecule has 1 aliphatic rings. The van der Waals surface area contributed by atoms with E-state index in [1.807, 2.05) is 30.3 Å². The maximum atomic E-state index is 13.0. The van der Waals surface area contributed by atoms with Crippen LogP contribution in [-0.2, 0) is 10.5 Å². The molecule has 1 aliphatic carbocycles. The van der Waals surface area contributed by atoms with Crippen molar-refractivity contribution in [1.82, 2.24) is 15.3 Å². The quantitative estimate of drug-likeness (QED) is 0.623. The van der Waals surface area contributed by atoms with Gasteiger partial charge in [-0.3, -0.25) is 4.79 Å². The van der Waals surface area contributed by atoms with Gasteiger partial charge in [0.25, 0.3) is 5.91 Å². The van der Waals surface area contributed by atoms with E-state index in [4.69, 9.17) is 0 Å². The third kappa shape index (κ3) is 3.54. The molecule has 2 atom stereocenters. The Labute approximate surface area is 162 Å². The number of hydrogen-bond acceptors (Lipinski definition) is 6. The normalized spacial score (nSPS) is 18.9. The van der Waals surface area contributed by atoms with Gasteiger partial charge in [0.15, 0.2) is 0 Å². The molecule has 1 saturated carbocycles. The number of pyridine rings is 1. The maximum absolute atomic E-state index is 13.0. The van der Waals surface area contributed by atoms with Gasteiger partial charge in [0, 0.05) is 10.9 Å². The van der Waals surface area contributed by atoms with Crippen molar-refractivity contribution in [3.8, 4) is 11.1 Å². The Morgan fingerprint density at radius 3 is 2.71 bits per heavy atom. The Hall–Kier alpha value is -3.04. The first-order valence-electron chi connectivity index (χ1n) is 8.90. The number of rotatable bonds is 4. The summed E-state index contributed by atoms with van der Waals surface area (Å²) in [5.41, 5.74) is 2.34. The zero-order valence-electron chi connectivity index (χ0n) is 14.8. The van der Waals surface area contributed by atoms with Crippen LogP contribution in [0.5, 0.6) is 0 Å². The fourth-order valence-electron chi connectivity index (χ4n) is 3.62. The van der Waals surface area contributed by atoms with Crippen LogP contribution < -0.4 is 5.32 Å². The molecular weight excluding hydrogens is 380 g/mol. The molecule has 0 spiro atoms. The van der Waals surface area contributed by atoms with Crippen molar-refractivity contribution in [3.63, 3.8) is 0 Å². The number of hydrogen-bond donors (Lipinski definition) is 3. The zero-order chi connectivity index (χ0) is 19.7. The van der Waals surface area contributed by atoms with Gasteiger partial charge in [-0.05, 0) is 30.9 Å². The summed E-state index contributed by atoms with van der Waals surface area (Å²) in [4.78, 5) is 20.2. The first-order valence-corrected chi connectivity index (χ1v) is 9.93. The first-order chi connectivity index (χ1) is 13.5. The third-order valence-electron chi connectivity index (χ3n) is 4.90. The van der Waals surface area contributed by atoms with Gasteiger partial charge in [-0.25, -0.2) is 4.98 Å². The number of aromatic nitrogens is 2. The predicted octanol–water partition coefficient (Wildman–Crippen LogP) is 2.57. The van der Waals surface area contributed by atoms with E-state index in [-0.39, 0.29) is 17.6 Å². The average Bonchev–Trinajstić information content (AvgIpc) is 3.25. The number of aliphatic hydroxyl groups excluding tert-OH is 1. The van der Waals surface area contributed by atoms with Crippen molar-refractivity contribution >= 4 is 33.1 Å². The fourth-order valence-corrected chi connectivity index (χ4v) is 3.89. The summed E-state index contributed by atoms with van der Waals surface area (Å²) in [6.07, 6.45) is 3.03. The smallest absolute Gasteiger partial charge is 0.316 e. The van der Waals surface area contributed by atoms with E-state index in [1.54, 1.807) is 6.07 Å². The molecule has 1 amide bonds. The molecule has 0 radical (unpaired) electrons. The van der Waals surface area contributed by atoms with Crippen LogP contribution in [-0.4, -0.2) is 41.5 Å². The second-order valence-corrected chi connectivity index (χ2v) is 7.33. The topological polar surface area (TPSA) is 125 Å².